The Morgan fingerprint density at radius 2 is 2.25 bits per heavy atom. The van der Waals surface area contributed by atoms with Gasteiger partial charge in [-0.25, -0.2) is 0 Å². The van der Waals surface area contributed by atoms with Gasteiger partial charge < -0.3 is 9.67 Å². The zero-order valence-electron chi connectivity index (χ0n) is 6.75. The molecule has 3 nitrogen and oxygen atoms in total. The molecular weight excluding hydrogens is 222 g/mol. The Kier molecular flexibility index (Phi) is 3.05. The minimum absolute atomic E-state index is 0.00388. The monoisotopic (exact) mass is 231 g/mol. The lowest BCUT2D eigenvalue weighted by molar-refractivity contribution is 0.275. The lowest BCUT2D eigenvalue weighted by Crippen LogP contribution is -2.12. The molecule has 1 aromatic rings. The summed E-state index contributed by atoms with van der Waals surface area (Å²) in [5, 5.41) is 8.66. The first kappa shape index (κ1) is 9.48. The van der Waals surface area contributed by atoms with Gasteiger partial charge >= 0.3 is 0 Å². The summed E-state index contributed by atoms with van der Waals surface area (Å²) in [6.45, 7) is 2.34. The summed E-state index contributed by atoms with van der Waals surface area (Å²) in [7, 11) is 0. The van der Waals surface area contributed by atoms with Crippen molar-refractivity contribution in [2.45, 2.75) is 13.5 Å². The van der Waals surface area contributed by atoms with Gasteiger partial charge in [-0.15, -0.1) is 0 Å². The maximum absolute atomic E-state index is 11.2. The van der Waals surface area contributed by atoms with Crippen LogP contribution in [0.2, 0.25) is 0 Å². The fraction of sp³-hybridized carbons (Fsp3) is 0.375. The second kappa shape index (κ2) is 3.87. The summed E-state index contributed by atoms with van der Waals surface area (Å²) in [6.07, 6.45) is 3.40. The standard InChI is InChI=1S/C8H10BrNO2/c1-6-4-10(2-3-11)5-7(9)8(6)12/h4-5,11H,2-3H2,1H3. The fourth-order valence-corrected chi connectivity index (χ4v) is 1.56. The molecule has 0 aliphatic heterocycles. The maximum atomic E-state index is 11.2. The van der Waals surface area contributed by atoms with E-state index in [2.05, 4.69) is 15.9 Å². The summed E-state index contributed by atoms with van der Waals surface area (Å²) in [4.78, 5) is 11.2. The molecule has 0 spiro atoms. The molecule has 0 unspecified atom stereocenters. The van der Waals surface area contributed by atoms with Crippen LogP contribution >= 0.6 is 15.9 Å². The molecule has 4 heteroatoms. The van der Waals surface area contributed by atoms with Gasteiger partial charge in [0.1, 0.15) is 0 Å². The molecule has 0 amide bonds. The predicted molar refractivity (Wildman–Crippen MR) is 50.2 cm³/mol. The second-order valence-electron chi connectivity index (χ2n) is 2.58. The van der Waals surface area contributed by atoms with Crippen LogP contribution in [0, 0.1) is 6.92 Å². The molecule has 0 aliphatic carbocycles. The average molecular weight is 232 g/mol. The van der Waals surface area contributed by atoms with E-state index in [0.29, 0.717) is 16.6 Å². The molecule has 0 aromatic carbocycles. The average Bonchev–Trinajstić information content (AvgIpc) is 2.01. The predicted octanol–water partition coefficient (Wildman–Crippen LogP) is 0.912. The summed E-state index contributed by atoms with van der Waals surface area (Å²) < 4.78 is 2.32. The van der Waals surface area contributed by atoms with Gasteiger partial charge in [0.2, 0.25) is 0 Å². The number of halogens is 1. The van der Waals surface area contributed by atoms with Crippen molar-refractivity contribution in [1.82, 2.24) is 4.57 Å². The molecule has 66 valence electrons. The first-order chi connectivity index (χ1) is 5.65. The Balaban J connectivity index is 3.13. The maximum Gasteiger partial charge on any atom is 0.198 e. The molecule has 0 fully saturated rings. The smallest absolute Gasteiger partial charge is 0.198 e. The van der Waals surface area contributed by atoms with E-state index in [9.17, 15) is 4.79 Å². The largest absolute Gasteiger partial charge is 0.395 e. The minimum atomic E-state index is 0.00388. The van der Waals surface area contributed by atoms with E-state index in [1.807, 2.05) is 0 Å². The number of rotatable bonds is 2. The highest BCUT2D eigenvalue weighted by Crippen LogP contribution is 2.03. The van der Waals surface area contributed by atoms with Crippen molar-refractivity contribution >= 4 is 15.9 Å². The number of hydrogen-bond acceptors (Lipinski definition) is 2. The second-order valence-corrected chi connectivity index (χ2v) is 3.43. The number of aliphatic hydroxyl groups is 1. The Hall–Kier alpha value is -0.610. The van der Waals surface area contributed by atoms with Gasteiger partial charge in [-0.3, -0.25) is 4.79 Å². The van der Waals surface area contributed by atoms with Crippen LogP contribution in [0.15, 0.2) is 21.7 Å². The minimum Gasteiger partial charge on any atom is -0.395 e. The highest BCUT2D eigenvalue weighted by molar-refractivity contribution is 9.10. The third-order valence-corrected chi connectivity index (χ3v) is 2.14. The molecule has 1 aromatic heterocycles. The van der Waals surface area contributed by atoms with Gasteiger partial charge in [-0.2, -0.15) is 0 Å². The van der Waals surface area contributed by atoms with Gasteiger partial charge in [0, 0.05) is 24.5 Å². The zero-order chi connectivity index (χ0) is 9.14. The molecule has 0 aliphatic rings. The van der Waals surface area contributed by atoms with E-state index in [1.165, 1.54) is 0 Å². The van der Waals surface area contributed by atoms with E-state index in [1.54, 1.807) is 23.9 Å². The van der Waals surface area contributed by atoms with Crippen molar-refractivity contribution < 1.29 is 5.11 Å². The topological polar surface area (TPSA) is 42.2 Å². The first-order valence-electron chi connectivity index (χ1n) is 3.62. The third kappa shape index (κ3) is 1.95. The Morgan fingerprint density at radius 1 is 1.58 bits per heavy atom. The van der Waals surface area contributed by atoms with Crippen LogP contribution in [0.4, 0.5) is 0 Å². The Bertz CT molecular complexity index is 306. The molecule has 0 saturated carbocycles. The Labute approximate surface area is 78.8 Å². The van der Waals surface area contributed by atoms with Gasteiger partial charge in [0.25, 0.3) is 0 Å². The molecule has 0 bridgehead atoms. The van der Waals surface area contributed by atoms with Crippen molar-refractivity contribution in [3.8, 4) is 0 Å². The van der Waals surface area contributed by atoms with E-state index in [-0.39, 0.29) is 12.0 Å². The molecule has 0 saturated heterocycles. The SMILES string of the molecule is Cc1cn(CCO)cc(Br)c1=O. The van der Waals surface area contributed by atoms with Crippen LogP contribution in [-0.4, -0.2) is 16.3 Å². The van der Waals surface area contributed by atoms with E-state index >= 15 is 0 Å². The number of hydrogen-bond donors (Lipinski definition) is 1. The van der Waals surface area contributed by atoms with Crippen LogP contribution in [0.3, 0.4) is 0 Å². The van der Waals surface area contributed by atoms with Crippen LogP contribution in [0.25, 0.3) is 0 Å². The van der Waals surface area contributed by atoms with Crippen LogP contribution in [0.1, 0.15) is 5.56 Å². The van der Waals surface area contributed by atoms with Crippen LogP contribution in [0.5, 0.6) is 0 Å². The van der Waals surface area contributed by atoms with Crippen molar-refractivity contribution in [2.24, 2.45) is 0 Å². The van der Waals surface area contributed by atoms with Crippen molar-refractivity contribution in [3.63, 3.8) is 0 Å². The van der Waals surface area contributed by atoms with E-state index < -0.39 is 0 Å². The zero-order valence-corrected chi connectivity index (χ0v) is 8.34. The van der Waals surface area contributed by atoms with E-state index in [4.69, 9.17) is 5.11 Å². The molecule has 12 heavy (non-hydrogen) atoms. The van der Waals surface area contributed by atoms with Crippen LogP contribution in [-0.2, 0) is 6.54 Å². The van der Waals surface area contributed by atoms with Crippen molar-refractivity contribution in [3.05, 3.63) is 32.7 Å². The number of aryl methyl sites for hydroxylation is 1. The van der Waals surface area contributed by atoms with Gasteiger partial charge in [0.05, 0.1) is 11.1 Å². The molecule has 1 N–H and O–H groups in total. The molecule has 0 radical (unpaired) electrons. The fourth-order valence-electron chi connectivity index (χ4n) is 0.982. The highest BCUT2D eigenvalue weighted by Gasteiger charge is 2.00. The van der Waals surface area contributed by atoms with Gasteiger partial charge in [-0.1, -0.05) is 0 Å². The quantitative estimate of drug-likeness (QED) is 0.823. The summed E-state index contributed by atoms with van der Waals surface area (Å²) >= 11 is 3.15. The highest BCUT2D eigenvalue weighted by atomic mass is 79.9. The lowest BCUT2D eigenvalue weighted by Gasteiger charge is -2.05. The van der Waals surface area contributed by atoms with Gasteiger partial charge in [0.15, 0.2) is 5.43 Å². The van der Waals surface area contributed by atoms with Gasteiger partial charge in [-0.05, 0) is 22.9 Å². The third-order valence-electron chi connectivity index (χ3n) is 1.57. The summed E-state index contributed by atoms with van der Waals surface area (Å²) in [5.74, 6) is 0. The summed E-state index contributed by atoms with van der Waals surface area (Å²) in [5.41, 5.74) is 0.682. The number of aromatic nitrogens is 1. The summed E-state index contributed by atoms with van der Waals surface area (Å²) in [6, 6.07) is 0. The number of pyridine rings is 1. The van der Waals surface area contributed by atoms with E-state index in [0.717, 1.165) is 0 Å². The molecule has 0 atom stereocenters. The molecule has 1 heterocycles. The number of aliphatic hydroxyl groups excluding tert-OH is 1. The van der Waals surface area contributed by atoms with Crippen LogP contribution < -0.4 is 5.43 Å². The number of nitrogens with zero attached hydrogens (tertiary/aromatic N) is 1. The van der Waals surface area contributed by atoms with Crippen molar-refractivity contribution in [2.75, 3.05) is 6.61 Å². The molecule has 1 rings (SSSR count). The first-order valence-corrected chi connectivity index (χ1v) is 4.41. The Morgan fingerprint density at radius 3 is 2.75 bits per heavy atom. The lowest BCUT2D eigenvalue weighted by atomic mass is 10.3. The molecular formula is C8H10BrNO2. The van der Waals surface area contributed by atoms with Crippen molar-refractivity contribution in [1.29, 1.82) is 0 Å². The normalized spacial score (nSPS) is 10.2.